The zero-order chi connectivity index (χ0) is 23.8. The van der Waals surface area contributed by atoms with Crippen molar-refractivity contribution in [3.8, 4) is 11.8 Å². The van der Waals surface area contributed by atoms with Crippen LogP contribution in [-0.4, -0.2) is 45.9 Å². The van der Waals surface area contributed by atoms with Gasteiger partial charge in [0.05, 0.1) is 17.8 Å². The summed E-state index contributed by atoms with van der Waals surface area (Å²) in [6, 6.07) is 11.3. The van der Waals surface area contributed by atoms with Gasteiger partial charge in [-0.25, -0.2) is 9.97 Å². The van der Waals surface area contributed by atoms with Crippen molar-refractivity contribution in [2.45, 2.75) is 25.7 Å². The second kappa shape index (κ2) is 8.80. The Bertz CT molecular complexity index is 1470. The van der Waals surface area contributed by atoms with Crippen LogP contribution >= 0.6 is 0 Å². The summed E-state index contributed by atoms with van der Waals surface area (Å²) in [7, 11) is 1.67. The van der Waals surface area contributed by atoms with E-state index in [0.717, 1.165) is 35.4 Å². The lowest BCUT2D eigenvalue weighted by atomic mass is 9.96. The lowest BCUT2D eigenvalue weighted by Gasteiger charge is -2.33. The van der Waals surface area contributed by atoms with Crippen LogP contribution in [0.2, 0.25) is 0 Å². The number of nitrogens with zero attached hydrogens (tertiary/aromatic N) is 5. The molecule has 0 radical (unpaired) electrons. The van der Waals surface area contributed by atoms with Gasteiger partial charge in [0, 0.05) is 38.2 Å². The van der Waals surface area contributed by atoms with Gasteiger partial charge in [-0.05, 0) is 37.5 Å². The number of benzene rings is 1. The average molecular weight is 460 g/mol. The van der Waals surface area contributed by atoms with Gasteiger partial charge in [0.2, 0.25) is 0 Å². The zero-order valence-corrected chi connectivity index (χ0v) is 19.1. The number of aryl methyl sites for hydroxylation is 2. The van der Waals surface area contributed by atoms with Gasteiger partial charge in [-0.2, -0.15) is 5.26 Å². The number of piperidine rings is 1. The Balaban J connectivity index is 1.45. The van der Waals surface area contributed by atoms with Gasteiger partial charge in [-0.15, -0.1) is 0 Å². The Morgan fingerprint density at radius 2 is 2.03 bits per heavy atom. The number of ether oxygens (including phenoxy) is 1. The van der Waals surface area contributed by atoms with Crippen LogP contribution in [0.1, 0.15) is 35.9 Å². The third-order valence-corrected chi connectivity index (χ3v) is 6.36. The van der Waals surface area contributed by atoms with Crippen LogP contribution in [0.15, 0.2) is 39.5 Å². The minimum absolute atomic E-state index is 0.0401. The number of aliphatic hydroxyl groups is 1. The van der Waals surface area contributed by atoms with Crippen LogP contribution in [0, 0.1) is 18.3 Å². The maximum atomic E-state index is 12.7. The fourth-order valence-corrected chi connectivity index (χ4v) is 4.51. The summed E-state index contributed by atoms with van der Waals surface area (Å²) in [5.41, 5.74) is 4.63. The van der Waals surface area contributed by atoms with Crippen LogP contribution in [0.3, 0.4) is 0 Å². The molecule has 0 amide bonds. The van der Waals surface area contributed by atoms with Crippen molar-refractivity contribution in [1.29, 1.82) is 5.26 Å². The Morgan fingerprint density at radius 3 is 2.76 bits per heavy atom. The Kier molecular flexibility index (Phi) is 5.67. The number of aliphatic hydroxyl groups excluding tert-OH is 1. The molecule has 0 aliphatic carbocycles. The maximum Gasteiger partial charge on any atom is 0.252 e. The fourth-order valence-electron chi connectivity index (χ4n) is 4.51. The molecule has 0 atom stereocenters. The van der Waals surface area contributed by atoms with E-state index in [9.17, 15) is 10.1 Å². The molecule has 3 aromatic heterocycles. The third kappa shape index (κ3) is 3.86. The van der Waals surface area contributed by atoms with Crippen LogP contribution in [0.5, 0.6) is 5.75 Å². The van der Waals surface area contributed by atoms with Gasteiger partial charge in [0.1, 0.15) is 23.7 Å². The predicted octanol–water partition coefficient (Wildman–Crippen LogP) is 3.01. The molecule has 9 heteroatoms. The first-order valence-electron chi connectivity index (χ1n) is 11.3. The summed E-state index contributed by atoms with van der Waals surface area (Å²) >= 11 is 0. The molecular weight excluding hydrogens is 434 g/mol. The number of hydrogen-bond donors (Lipinski definition) is 1. The van der Waals surface area contributed by atoms with Gasteiger partial charge in [-0.3, -0.25) is 4.79 Å². The monoisotopic (exact) mass is 459 g/mol. The zero-order valence-electron chi connectivity index (χ0n) is 19.1. The minimum Gasteiger partial charge on any atom is -0.488 e. The molecule has 1 saturated heterocycles. The summed E-state index contributed by atoms with van der Waals surface area (Å²) in [6.45, 7) is 3.30. The minimum atomic E-state index is -0.184. The van der Waals surface area contributed by atoms with Crippen LogP contribution < -0.4 is 15.2 Å². The molecular formula is C25H25N5O4. The molecule has 9 nitrogen and oxygen atoms in total. The van der Waals surface area contributed by atoms with E-state index in [4.69, 9.17) is 19.2 Å². The second-order valence-corrected chi connectivity index (χ2v) is 8.60. The smallest absolute Gasteiger partial charge is 0.252 e. The largest absolute Gasteiger partial charge is 0.488 e. The van der Waals surface area contributed by atoms with E-state index in [-0.39, 0.29) is 36.1 Å². The van der Waals surface area contributed by atoms with Crippen molar-refractivity contribution in [3.05, 3.63) is 57.8 Å². The molecule has 0 spiro atoms. The highest BCUT2D eigenvalue weighted by atomic mass is 16.5. The SMILES string of the molecule is Cc1ccc2oc(C3CCN(c4cc(=O)n(C)c5cc(OCCO)c(C#N)nc45)CC3)nc2c1. The molecule has 1 N–H and O–H groups in total. The highest BCUT2D eigenvalue weighted by molar-refractivity contribution is 5.90. The van der Waals surface area contributed by atoms with Crippen molar-refractivity contribution in [2.24, 2.45) is 7.05 Å². The standard InChI is InChI=1S/C25H25N5O4/c1-15-3-4-21-17(11-15)28-25(34-21)16-5-7-30(8-6-16)20-13-23(32)29(2)19-12-22(33-10-9-31)18(14-26)27-24(19)20/h3-4,11-13,16,31H,5-10H2,1-2H3. The van der Waals surface area contributed by atoms with Crippen molar-refractivity contribution < 1.29 is 14.3 Å². The summed E-state index contributed by atoms with van der Waals surface area (Å²) < 4.78 is 13.0. The summed E-state index contributed by atoms with van der Waals surface area (Å²) in [5.74, 6) is 1.20. The first kappa shape index (κ1) is 21.9. The molecule has 1 aliphatic heterocycles. The highest BCUT2D eigenvalue weighted by Gasteiger charge is 2.27. The van der Waals surface area contributed by atoms with Crippen LogP contribution in [0.25, 0.3) is 22.1 Å². The van der Waals surface area contributed by atoms with Crippen LogP contribution in [0.4, 0.5) is 5.69 Å². The number of rotatable bonds is 5. The molecule has 0 saturated carbocycles. The lowest BCUT2D eigenvalue weighted by molar-refractivity contribution is 0.201. The van der Waals surface area contributed by atoms with Crippen LogP contribution in [-0.2, 0) is 7.05 Å². The Morgan fingerprint density at radius 1 is 1.24 bits per heavy atom. The fraction of sp³-hybridized carbons (Fsp3) is 0.360. The van der Waals surface area contributed by atoms with E-state index in [0.29, 0.717) is 29.8 Å². The normalized spacial score (nSPS) is 14.6. The number of hydrogen-bond acceptors (Lipinski definition) is 8. The van der Waals surface area contributed by atoms with Gasteiger partial charge < -0.3 is 23.7 Å². The maximum absolute atomic E-state index is 12.7. The Hall–Kier alpha value is -3.90. The number of oxazole rings is 1. The van der Waals surface area contributed by atoms with Crippen molar-refractivity contribution in [3.63, 3.8) is 0 Å². The average Bonchev–Trinajstić information content (AvgIpc) is 3.28. The first-order chi connectivity index (χ1) is 16.5. The number of pyridine rings is 2. The molecule has 0 bridgehead atoms. The molecule has 5 rings (SSSR count). The molecule has 0 unspecified atom stereocenters. The van der Waals surface area contributed by atoms with Gasteiger partial charge in [0.25, 0.3) is 5.56 Å². The predicted molar refractivity (Wildman–Crippen MR) is 127 cm³/mol. The molecule has 4 aromatic rings. The number of fused-ring (bicyclic) bond motifs is 2. The summed E-state index contributed by atoms with van der Waals surface area (Å²) in [4.78, 5) is 24.1. The van der Waals surface area contributed by atoms with E-state index in [1.165, 1.54) is 4.57 Å². The molecule has 1 aliphatic rings. The van der Waals surface area contributed by atoms with E-state index in [2.05, 4.69) is 16.0 Å². The quantitative estimate of drug-likeness (QED) is 0.484. The van der Waals surface area contributed by atoms with E-state index in [1.54, 1.807) is 19.2 Å². The van der Waals surface area contributed by atoms with Gasteiger partial charge >= 0.3 is 0 Å². The number of nitriles is 1. The topological polar surface area (TPSA) is 117 Å². The van der Waals surface area contributed by atoms with E-state index in [1.807, 2.05) is 25.1 Å². The lowest BCUT2D eigenvalue weighted by Crippen LogP contribution is -2.34. The summed E-state index contributed by atoms with van der Waals surface area (Å²) in [5, 5.41) is 18.7. The molecule has 1 fully saturated rings. The van der Waals surface area contributed by atoms with Gasteiger partial charge in [-0.1, -0.05) is 6.07 Å². The molecule has 34 heavy (non-hydrogen) atoms. The first-order valence-corrected chi connectivity index (χ1v) is 11.3. The van der Waals surface area contributed by atoms with Crippen molar-refractivity contribution >= 4 is 27.8 Å². The van der Waals surface area contributed by atoms with Crippen molar-refractivity contribution in [1.82, 2.24) is 14.5 Å². The number of aromatic nitrogens is 3. The molecule has 4 heterocycles. The summed E-state index contributed by atoms with van der Waals surface area (Å²) in [6.07, 6.45) is 1.65. The van der Waals surface area contributed by atoms with Gasteiger partial charge in [0.15, 0.2) is 22.9 Å². The molecule has 174 valence electrons. The van der Waals surface area contributed by atoms with E-state index < -0.39 is 0 Å². The number of anilines is 1. The highest BCUT2D eigenvalue weighted by Crippen LogP contribution is 2.34. The third-order valence-electron chi connectivity index (χ3n) is 6.36. The molecule has 1 aromatic carbocycles. The second-order valence-electron chi connectivity index (χ2n) is 8.60. The Labute approximate surface area is 195 Å². The van der Waals surface area contributed by atoms with E-state index >= 15 is 0 Å². The van der Waals surface area contributed by atoms with Crippen molar-refractivity contribution in [2.75, 3.05) is 31.2 Å².